The summed E-state index contributed by atoms with van der Waals surface area (Å²) in [5, 5.41) is 1.06. The van der Waals surface area contributed by atoms with E-state index >= 15 is 0 Å². The van der Waals surface area contributed by atoms with E-state index in [1.165, 1.54) is 0 Å². The van der Waals surface area contributed by atoms with Crippen molar-refractivity contribution < 1.29 is 23.9 Å². The molecule has 7 heteroatoms. The lowest BCUT2D eigenvalue weighted by Gasteiger charge is -2.45. The highest BCUT2D eigenvalue weighted by Crippen LogP contribution is 2.44. The summed E-state index contributed by atoms with van der Waals surface area (Å²) in [6.45, 7) is 2.06. The van der Waals surface area contributed by atoms with E-state index in [4.69, 9.17) is 14.3 Å². The van der Waals surface area contributed by atoms with E-state index in [1.807, 2.05) is 41.3 Å². The number of fused-ring (bicyclic) bond motifs is 5. The Bertz CT molecular complexity index is 838. The number of hydroxylamine groups is 2. The van der Waals surface area contributed by atoms with E-state index in [1.54, 1.807) is 19.1 Å². The van der Waals surface area contributed by atoms with Crippen molar-refractivity contribution in [2.75, 3.05) is 18.2 Å². The van der Waals surface area contributed by atoms with Crippen LogP contribution in [0.4, 0.5) is 10.5 Å². The number of rotatable bonds is 2. The van der Waals surface area contributed by atoms with Crippen molar-refractivity contribution in [2.45, 2.75) is 13.1 Å². The molecule has 2 aromatic rings. The van der Waals surface area contributed by atoms with Crippen molar-refractivity contribution in [1.29, 1.82) is 0 Å². The standard InChI is InChI=1S/C18H16N2O5/c1-2-23-18(22)25-20-16-13-8-4-6-10-15(13)24-11-19(16)14-9-5-3-7-12(14)17(20)21/h3-10,16H,2,11H2,1H3/t16-/m0/s1. The molecule has 0 saturated carbocycles. The molecule has 25 heavy (non-hydrogen) atoms. The summed E-state index contributed by atoms with van der Waals surface area (Å²) in [5.74, 6) is 0.245. The minimum Gasteiger partial charge on any atom is -0.473 e. The molecule has 2 heterocycles. The lowest BCUT2D eigenvalue weighted by atomic mass is 10.0. The van der Waals surface area contributed by atoms with Gasteiger partial charge >= 0.3 is 6.16 Å². The van der Waals surface area contributed by atoms with Gasteiger partial charge in [0.05, 0.1) is 17.9 Å². The van der Waals surface area contributed by atoms with Gasteiger partial charge in [-0.1, -0.05) is 30.3 Å². The number of nitrogens with zero attached hydrogens (tertiary/aromatic N) is 2. The molecular formula is C18H16N2O5. The maximum absolute atomic E-state index is 12.9. The van der Waals surface area contributed by atoms with Crippen molar-refractivity contribution in [3.63, 3.8) is 0 Å². The van der Waals surface area contributed by atoms with E-state index < -0.39 is 18.2 Å². The Hall–Kier alpha value is -3.22. The van der Waals surface area contributed by atoms with Crippen LogP contribution in [0.25, 0.3) is 0 Å². The van der Waals surface area contributed by atoms with Gasteiger partial charge in [-0.25, -0.2) is 4.79 Å². The number of hydrogen-bond donors (Lipinski definition) is 0. The molecule has 0 aromatic heterocycles. The van der Waals surface area contributed by atoms with Crippen LogP contribution in [-0.2, 0) is 9.57 Å². The Morgan fingerprint density at radius 2 is 1.96 bits per heavy atom. The van der Waals surface area contributed by atoms with Crippen LogP contribution in [0.1, 0.15) is 29.0 Å². The summed E-state index contributed by atoms with van der Waals surface area (Å²) < 4.78 is 10.6. The molecule has 0 fully saturated rings. The predicted octanol–water partition coefficient (Wildman–Crippen LogP) is 3.09. The zero-order valence-electron chi connectivity index (χ0n) is 13.5. The SMILES string of the molecule is CCOC(=O)ON1C(=O)c2ccccc2N2COc3ccccc3[C@H]12. The second-order valence-electron chi connectivity index (χ2n) is 5.58. The van der Waals surface area contributed by atoms with Gasteiger partial charge < -0.3 is 19.2 Å². The first-order chi connectivity index (χ1) is 12.2. The summed E-state index contributed by atoms with van der Waals surface area (Å²) >= 11 is 0. The van der Waals surface area contributed by atoms with E-state index in [0.29, 0.717) is 11.3 Å². The van der Waals surface area contributed by atoms with Crippen LogP contribution < -0.4 is 9.64 Å². The smallest absolute Gasteiger partial charge is 0.473 e. The third kappa shape index (κ3) is 2.44. The summed E-state index contributed by atoms with van der Waals surface area (Å²) in [6.07, 6.45) is -1.53. The number of hydrogen-bond acceptors (Lipinski definition) is 6. The van der Waals surface area contributed by atoms with Crippen LogP contribution in [0.3, 0.4) is 0 Å². The Morgan fingerprint density at radius 3 is 2.80 bits per heavy atom. The van der Waals surface area contributed by atoms with E-state index in [9.17, 15) is 9.59 Å². The number of para-hydroxylation sites is 2. The highest BCUT2D eigenvalue weighted by atomic mass is 16.8. The highest BCUT2D eigenvalue weighted by Gasteiger charge is 2.44. The Morgan fingerprint density at radius 1 is 1.20 bits per heavy atom. The van der Waals surface area contributed by atoms with Crippen LogP contribution >= 0.6 is 0 Å². The molecule has 0 saturated heterocycles. The van der Waals surface area contributed by atoms with Crippen LogP contribution in [0.2, 0.25) is 0 Å². The average Bonchev–Trinajstić information content (AvgIpc) is 2.64. The van der Waals surface area contributed by atoms with Crippen molar-refractivity contribution in [2.24, 2.45) is 0 Å². The van der Waals surface area contributed by atoms with Gasteiger partial charge in [-0.15, -0.1) is 5.06 Å². The van der Waals surface area contributed by atoms with Crippen LogP contribution in [0.5, 0.6) is 5.75 Å². The fourth-order valence-electron chi connectivity index (χ4n) is 3.11. The molecule has 0 bridgehead atoms. The lowest BCUT2D eigenvalue weighted by Crippen LogP contribution is -2.53. The largest absolute Gasteiger partial charge is 0.533 e. The molecule has 0 aliphatic carbocycles. The van der Waals surface area contributed by atoms with Crippen molar-refractivity contribution >= 4 is 17.7 Å². The fourth-order valence-corrected chi connectivity index (χ4v) is 3.11. The Kier molecular flexibility index (Phi) is 3.68. The van der Waals surface area contributed by atoms with Crippen LogP contribution in [0.15, 0.2) is 48.5 Å². The van der Waals surface area contributed by atoms with Crippen molar-refractivity contribution in [3.8, 4) is 5.75 Å². The van der Waals surface area contributed by atoms with E-state index in [-0.39, 0.29) is 13.3 Å². The molecular weight excluding hydrogens is 324 g/mol. The van der Waals surface area contributed by atoms with Crippen LogP contribution in [-0.4, -0.2) is 30.5 Å². The summed E-state index contributed by atoms with van der Waals surface area (Å²) in [7, 11) is 0. The van der Waals surface area contributed by atoms with Gasteiger partial charge in [0.2, 0.25) is 0 Å². The molecule has 1 atom stereocenters. The van der Waals surface area contributed by atoms with Gasteiger partial charge in [0, 0.05) is 5.56 Å². The molecule has 2 aliphatic rings. The molecule has 2 aromatic carbocycles. The minimum absolute atomic E-state index is 0.158. The van der Waals surface area contributed by atoms with Gasteiger partial charge in [-0.05, 0) is 25.1 Å². The molecule has 0 N–H and O–H groups in total. The minimum atomic E-state index is -0.917. The van der Waals surface area contributed by atoms with Gasteiger partial charge in [0.25, 0.3) is 5.91 Å². The summed E-state index contributed by atoms with van der Waals surface area (Å²) in [5.41, 5.74) is 1.91. The second kappa shape index (κ2) is 6.01. The fraction of sp³-hybridized carbons (Fsp3) is 0.222. The zero-order valence-corrected chi connectivity index (χ0v) is 13.5. The van der Waals surface area contributed by atoms with Crippen molar-refractivity contribution in [3.05, 3.63) is 59.7 Å². The number of carbonyl (C=O) groups is 2. The number of ether oxygens (including phenoxy) is 2. The van der Waals surface area contributed by atoms with Gasteiger partial charge in [0.15, 0.2) is 12.9 Å². The number of benzene rings is 2. The average molecular weight is 340 g/mol. The normalized spacial score (nSPS) is 17.8. The van der Waals surface area contributed by atoms with Crippen LogP contribution in [0, 0.1) is 0 Å². The van der Waals surface area contributed by atoms with Gasteiger partial charge in [0.1, 0.15) is 5.75 Å². The molecule has 0 radical (unpaired) electrons. The maximum atomic E-state index is 12.9. The first-order valence-corrected chi connectivity index (χ1v) is 7.96. The topological polar surface area (TPSA) is 68.3 Å². The summed E-state index contributed by atoms with van der Waals surface area (Å²) in [4.78, 5) is 31.9. The third-order valence-corrected chi connectivity index (χ3v) is 4.15. The third-order valence-electron chi connectivity index (χ3n) is 4.15. The number of carbonyl (C=O) groups excluding carboxylic acids is 2. The maximum Gasteiger partial charge on any atom is 0.533 e. The lowest BCUT2D eigenvalue weighted by molar-refractivity contribution is -0.129. The molecule has 0 spiro atoms. The van der Waals surface area contributed by atoms with E-state index in [0.717, 1.165) is 16.3 Å². The Labute approximate surface area is 144 Å². The van der Waals surface area contributed by atoms with Gasteiger partial charge in [-0.2, -0.15) is 0 Å². The number of amides is 1. The molecule has 4 rings (SSSR count). The first-order valence-electron chi connectivity index (χ1n) is 7.96. The number of anilines is 1. The van der Waals surface area contributed by atoms with Crippen molar-refractivity contribution in [1.82, 2.24) is 5.06 Å². The quantitative estimate of drug-likeness (QED) is 0.783. The summed E-state index contributed by atoms with van der Waals surface area (Å²) in [6, 6.07) is 14.5. The highest BCUT2D eigenvalue weighted by molar-refractivity contribution is 6.02. The predicted molar refractivity (Wildman–Crippen MR) is 87.9 cm³/mol. The monoisotopic (exact) mass is 340 g/mol. The molecule has 7 nitrogen and oxygen atoms in total. The molecule has 128 valence electrons. The first kappa shape index (κ1) is 15.3. The Balaban J connectivity index is 1.82. The second-order valence-corrected chi connectivity index (χ2v) is 5.58. The van der Waals surface area contributed by atoms with E-state index in [2.05, 4.69) is 0 Å². The molecule has 0 unspecified atom stereocenters. The van der Waals surface area contributed by atoms with Gasteiger partial charge in [-0.3, -0.25) is 4.79 Å². The molecule has 2 aliphatic heterocycles. The molecule has 1 amide bonds. The zero-order chi connectivity index (χ0) is 17.4.